The fraction of sp³-hybridized carbons (Fsp3) is 0.500. The molecule has 1 aromatic heterocycles. The predicted molar refractivity (Wildman–Crippen MR) is 130 cm³/mol. The zero-order chi connectivity index (χ0) is 24.8. The first kappa shape index (κ1) is 23.7. The van der Waals surface area contributed by atoms with Crippen LogP contribution in [0.5, 0.6) is 0 Å². The van der Waals surface area contributed by atoms with Crippen LogP contribution >= 0.6 is 11.6 Å². The third-order valence-corrected chi connectivity index (χ3v) is 7.69. The SMILES string of the molecule is O=C(Nc1ccc([N+](=O)[O-])c(N2CCC(F)(F)CC2)c1)c1cnc(Cl)cc1N1CCC2(CC1)CC2. The largest absolute Gasteiger partial charge is 0.371 e. The summed E-state index contributed by atoms with van der Waals surface area (Å²) in [4.78, 5) is 32.1. The molecule has 1 saturated carbocycles. The van der Waals surface area contributed by atoms with Crippen LogP contribution < -0.4 is 15.1 Å². The van der Waals surface area contributed by atoms with Gasteiger partial charge >= 0.3 is 0 Å². The number of piperidine rings is 2. The van der Waals surface area contributed by atoms with E-state index in [1.165, 1.54) is 37.2 Å². The highest BCUT2D eigenvalue weighted by molar-refractivity contribution is 6.30. The number of pyridine rings is 1. The Morgan fingerprint density at radius 3 is 2.26 bits per heavy atom. The summed E-state index contributed by atoms with van der Waals surface area (Å²) < 4.78 is 27.2. The number of rotatable bonds is 5. The first-order valence-corrected chi connectivity index (χ1v) is 12.2. The summed E-state index contributed by atoms with van der Waals surface area (Å²) in [5, 5.41) is 14.7. The maximum atomic E-state index is 13.6. The van der Waals surface area contributed by atoms with Crippen molar-refractivity contribution in [2.24, 2.45) is 5.41 Å². The molecule has 1 spiro atoms. The van der Waals surface area contributed by atoms with E-state index in [4.69, 9.17) is 11.6 Å². The summed E-state index contributed by atoms with van der Waals surface area (Å²) in [7, 11) is 0. The van der Waals surface area contributed by atoms with Crippen LogP contribution in [0.1, 0.15) is 48.9 Å². The maximum Gasteiger partial charge on any atom is 0.292 e. The van der Waals surface area contributed by atoms with Crippen molar-refractivity contribution in [3.63, 3.8) is 0 Å². The van der Waals surface area contributed by atoms with E-state index in [1.54, 1.807) is 11.0 Å². The summed E-state index contributed by atoms with van der Waals surface area (Å²) in [5.41, 5.74) is 1.90. The van der Waals surface area contributed by atoms with Crippen molar-refractivity contribution in [3.05, 3.63) is 51.3 Å². The molecule has 1 aliphatic carbocycles. The van der Waals surface area contributed by atoms with Gasteiger partial charge in [0.15, 0.2) is 0 Å². The normalized spacial score (nSPS) is 20.5. The number of hydrogen-bond donors (Lipinski definition) is 1. The van der Waals surface area contributed by atoms with Crippen molar-refractivity contribution >= 4 is 40.3 Å². The van der Waals surface area contributed by atoms with Gasteiger partial charge in [-0.1, -0.05) is 11.6 Å². The summed E-state index contributed by atoms with van der Waals surface area (Å²) in [6.07, 6.45) is 5.37. The van der Waals surface area contributed by atoms with Gasteiger partial charge in [0.1, 0.15) is 10.8 Å². The number of benzene rings is 1. The second-order valence-corrected chi connectivity index (χ2v) is 10.2. The van der Waals surface area contributed by atoms with Gasteiger partial charge in [-0.05, 0) is 49.3 Å². The van der Waals surface area contributed by atoms with Crippen molar-refractivity contribution in [2.75, 3.05) is 41.3 Å². The highest BCUT2D eigenvalue weighted by Crippen LogP contribution is 2.54. The third-order valence-electron chi connectivity index (χ3n) is 7.48. The van der Waals surface area contributed by atoms with Gasteiger partial charge in [0.25, 0.3) is 17.5 Å². The summed E-state index contributed by atoms with van der Waals surface area (Å²) in [6, 6.07) is 5.90. The zero-order valence-electron chi connectivity index (χ0n) is 19.1. The monoisotopic (exact) mass is 505 g/mol. The standard InChI is InChI=1S/C24H26ClF2N5O3/c25-21-14-19(30-9-5-23(3-4-23)6-10-30)17(15-28-21)22(33)29-16-1-2-18(32(34)35)20(13-16)31-11-7-24(26,27)8-12-31/h1-2,13-15H,3-12H2,(H,29,33). The molecule has 0 bridgehead atoms. The minimum atomic E-state index is -2.78. The number of nitrogens with zero attached hydrogens (tertiary/aromatic N) is 4. The van der Waals surface area contributed by atoms with Gasteiger partial charge in [-0.2, -0.15) is 0 Å². The number of nitro benzene ring substituents is 1. The molecule has 0 unspecified atom stereocenters. The van der Waals surface area contributed by atoms with Gasteiger partial charge in [0, 0.05) is 57.0 Å². The maximum absolute atomic E-state index is 13.6. The molecule has 8 nitrogen and oxygen atoms in total. The van der Waals surface area contributed by atoms with Crippen LogP contribution in [0.4, 0.5) is 31.5 Å². The number of aromatic nitrogens is 1. The lowest BCUT2D eigenvalue weighted by Gasteiger charge is -2.34. The van der Waals surface area contributed by atoms with Crippen LogP contribution in [0.25, 0.3) is 0 Å². The van der Waals surface area contributed by atoms with E-state index in [-0.39, 0.29) is 37.3 Å². The third kappa shape index (κ3) is 5.03. The average Bonchev–Trinajstić information content (AvgIpc) is 3.58. The lowest BCUT2D eigenvalue weighted by atomic mass is 9.93. The van der Waals surface area contributed by atoms with Crippen LogP contribution in [-0.2, 0) is 0 Å². The molecule has 186 valence electrons. The molecular formula is C24H26ClF2N5O3. The van der Waals surface area contributed by atoms with Crippen molar-refractivity contribution < 1.29 is 18.5 Å². The van der Waals surface area contributed by atoms with Crippen LogP contribution in [0, 0.1) is 15.5 Å². The molecule has 5 rings (SSSR count). The van der Waals surface area contributed by atoms with E-state index in [2.05, 4.69) is 15.2 Å². The Morgan fingerprint density at radius 2 is 1.63 bits per heavy atom. The zero-order valence-corrected chi connectivity index (χ0v) is 19.9. The van der Waals surface area contributed by atoms with Crippen molar-refractivity contribution in [1.29, 1.82) is 0 Å². The summed E-state index contributed by atoms with van der Waals surface area (Å²) in [5.74, 6) is -3.19. The molecule has 0 radical (unpaired) electrons. The first-order valence-electron chi connectivity index (χ1n) is 11.8. The minimum absolute atomic E-state index is 0.00700. The molecule has 0 atom stereocenters. The smallest absolute Gasteiger partial charge is 0.292 e. The number of carbonyl (C=O) groups excluding carboxylic acids is 1. The van der Waals surface area contributed by atoms with Crippen LogP contribution in [0.3, 0.4) is 0 Å². The molecule has 2 saturated heterocycles. The van der Waals surface area contributed by atoms with Crippen LogP contribution in [0.2, 0.25) is 5.15 Å². The van der Waals surface area contributed by atoms with Crippen LogP contribution in [0.15, 0.2) is 30.5 Å². The fourth-order valence-electron chi connectivity index (χ4n) is 5.04. The van der Waals surface area contributed by atoms with E-state index in [0.717, 1.165) is 25.9 Å². The Hall–Kier alpha value is -3.01. The number of anilines is 3. The van der Waals surface area contributed by atoms with Gasteiger partial charge in [0.05, 0.1) is 16.2 Å². The minimum Gasteiger partial charge on any atom is -0.371 e. The molecule has 3 aliphatic rings. The predicted octanol–water partition coefficient (Wildman–Crippen LogP) is 5.51. The Morgan fingerprint density at radius 1 is 1.00 bits per heavy atom. The molecule has 1 aromatic carbocycles. The quantitative estimate of drug-likeness (QED) is 0.327. The van der Waals surface area contributed by atoms with Gasteiger partial charge in [-0.3, -0.25) is 14.9 Å². The van der Waals surface area contributed by atoms with E-state index < -0.39 is 16.8 Å². The van der Waals surface area contributed by atoms with E-state index >= 15 is 0 Å². The second kappa shape index (κ2) is 8.89. The topological polar surface area (TPSA) is 91.6 Å². The number of hydrogen-bond acceptors (Lipinski definition) is 6. The number of alkyl halides is 2. The van der Waals surface area contributed by atoms with Gasteiger partial charge < -0.3 is 15.1 Å². The van der Waals surface area contributed by atoms with Gasteiger partial charge in [0.2, 0.25) is 0 Å². The molecular weight excluding hydrogens is 480 g/mol. The molecule has 35 heavy (non-hydrogen) atoms. The Labute approximate surface area is 206 Å². The highest BCUT2D eigenvalue weighted by atomic mass is 35.5. The second-order valence-electron chi connectivity index (χ2n) is 9.77. The average molecular weight is 506 g/mol. The number of carbonyl (C=O) groups is 1. The molecule has 3 fully saturated rings. The first-order chi connectivity index (χ1) is 16.6. The summed E-state index contributed by atoms with van der Waals surface area (Å²) in [6.45, 7) is 1.66. The lowest BCUT2D eigenvalue weighted by molar-refractivity contribution is -0.384. The van der Waals surface area contributed by atoms with Crippen molar-refractivity contribution in [1.82, 2.24) is 4.98 Å². The van der Waals surface area contributed by atoms with Gasteiger partial charge in [-0.15, -0.1) is 0 Å². The molecule has 2 aliphatic heterocycles. The fourth-order valence-corrected chi connectivity index (χ4v) is 5.19. The lowest BCUT2D eigenvalue weighted by Crippen LogP contribution is -2.39. The Kier molecular flexibility index (Phi) is 6.03. The number of nitro groups is 1. The molecule has 2 aromatic rings. The van der Waals surface area contributed by atoms with E-state index in [0.29, 0.717) is 27.5 Å². The Bertz CT molecular complexity index is 1150. The molecule has 11 heteroatoms. The van der Waals surface area contributed by atoms with Crippen molar-refractivity contribution in [2.45, 2.75) is 44.4 Å². The molecule has 1 amide bonds. The Balaban J connectivity index is 1.38. The van der Waals surface area contributed by atoms with E-state index in [9.17, 15) is 23.7 Å². The number of halogens is 3. The summed E-state index contributed by atoms with van der Waals surface area (Å²) >= 11 is 6.15. The highest BCUT2D eigenvalue weighted by Gasteiger charge is 2.44. The van der Waals surface area contributed by atoms with Crippen molar-refractivity contribution in [3.8, 4) is 0 Å². The van der Waals surface area contributed by atoms with E-state index in [1.807, 2.05) is 0 Å². The number of amides is 1. The number of nitrogens with one attached hydrogen (secondary N) is 1. The van der Waals surface area contributed by atoms with Gasteiger partial charge in [-0.25, -0.2) is 13.8 Å². The molecule has 1 N–H and O–H groups in total. The molecule has 3 heterocycles. The van der Waals surface area contributed by atoms with Crippen LogP contribution in [-0.4, -0.2) is 47.9 Å².